The number of fused-ring (bicyclic) bond motifs is 1. The average Bonchev–Trinajstić information content (AvgIpc) is 3.47. The van der Waals surface area contributed by atoms with E-state index in [0.717, 1.165) is 36.2 Å². The summed E-state index contributed by atoms with van der Waals surface area (Å²) >= 11 is 0. The third-order valence-electron chi connectivity index (χ3n) is 5.93. The number of methoxy groups -OCH3 is 1. The van der Waals surface area contributed by atoms with Crippen LogP contribution in [0.15, 0.2) is 36.7 Å². The molecule has 4 heterocycles. The van der Waals surface area contributed by atoms with Crippen LogP contribution in [0.1, 0.15) is 34.5 Å². The molecule has 2 aliphatic rings. The second-order valence-electron chi connectivity index (χ2n) is 8.02. The molecular formula is C25H24FN5O2. The Morgan fingerprint density at radius 3 is 3.00 bits per heavy atom. The van der Waals surface area contributed by atoms with Crippen LogP contribution in [0.2, 0.25) is 0 Å². The van der Waals surface area contributed by atoms with Gasteiger partial charge in [-0.25, -0.2) is 4.39 Å². The Balaban J connectivity index is 1.64. The van der Waals surface area contributed by atoms with Crippen LogP contribution in [0.5, 0.6) is 5.75 Å². The monoisotopic (exact) mass is 445 g/mol. The molecule has 168 valence electrons. The van der Waals surface area contributed by atoms with Crippen LogP contribution in [0.25, 0.3) is 11.3 Å². The standard InChI is InChI=1S/C25H24FN5O2/c1-33-24-18(26)5-2-6-20(24)31-23-21-19(10-13-29-25(21)32)30-22(23)17-9-12-27-14-15(17)7-8-16-4-3-11-28-16/h2,5-6,9,12,14,16,28,30-31H,3-4,10-11,13H2,1H3,(H,29,32)/t16-/m1/s1. The number of aromatic nitrogens is 2. The van der Waals surface area contributed by atoms with E-state index in [-0.39, 0.29) is 17.7 Å². The van der Waals surface area contributed by atoms with Gasteiger partial charge in [0.25, 0.3) is 5.91 Å². The number of rotatable bonds is 4. The predicted molar refractivity (Wildman–Crippen MR) is 124 cm³/mol. The molecule has 0 spiro atoms. The van der Waals surface area contributed by atoms with Crippen molar-refractivity contribution in [2.24, 2.45) is 0 Å². The summed E-state index contributed by atoms with van der Waals surface area (Å²) in [6.07, 6.45) is 6.21. The number of hydrogen-bond donors (Lipinski definition) is 4. The zero-order valence-corrected chi connectivity index (χ0v) is 18.2. The summed E-state index contributed by atoms with van der Waals surface area (Å²) in [5.74, 6) is 5.95. The maximum absolute atomic E-state index is 14.3. The van der Waals surface area contributed by atoms with Crippen LogP contribution in [-0.4, -0.2) is 42.1 Å². The Morgan fingerprint density at radius 1 is 1.27 bits per heavy atom. The van der Waals surface area contributed by atoms with E-state index in [4.69, 9.17) is 4.74 Å². The number of para-hydroxylation sites is 1. The van der Waals surface area contributed by atoms with Crippen LogP contribution < -0.4 is 20.7 Å². The molecule has 1 saturated heterocycles. The van der Waals surface area contributed by atoms with Crippen LogP contribution in [0, 0.1) is 17.7 Å². The second kappa shape index (κ2) is 8.96. The number of nitrogens with one attached hydrogen (secondary N) is 4. The first-order chi connectivity index (χ1) is 16.2. The molecule has 3 aromatic rings. The number of halogens is 1. The Bertz CT molecular complexity index is 1270. The van der Waals surface area contributed by atoms with E-state index >= 15 is 0 Å². The number of amides is 1. The number of benzene rings is 1. The van der Waals surface area contributed by atoms with Crippen molar-refractivity contribution in [1.82, 2.24) is 20.6 Å². The van der Waals surface area contributed by atoms with Crippen molar-refractivity contribution in [3.63, 3.8) is 0 Å². The normalized spacial score (nSPS) is 17.0. The lowest BCUT2D eigenvalue weighted by Crippen LogP contribution is -2.31. The summed E-state index contributed by atoms with van der Waals surface area (Å²) in [5.41, 5.74) is 4.58. The lowest BCUT2D eigenvalue weighted by molar-refractivity contribution is 0.0947. The number of hydrogen-bond acceptors (Lipinski definition) is 5. The fourth-order valence-corrected chi connectivity index (χ4v) is 4.34. The van der Waals surface area contributed by atoms with Gasteiger partial charge in [-0.1, -0.05) is 17.9 Å². The van der Waals surface area contributed by atoms with Gasteiger partial charge in [-0.2, -0.15) is 0 Å². The van der Waals surface area contributed by atoms with Crippen molar-refractivity contribution < 1.29 is 13.9 Å². The molecule has 8 heteroatoms. The fraction of sp³-hybridized carbons (Fsp3) is 0.280. The van der Waals surface area contributed by atoms with Crippen LogP contribution in [-0.2, 0) is 6.42 Å². The first kappa shape index (κ1) is 21.0. The second-order valence-corrected chi connectivity index (χ2v) is 8.02. The van der Waals surface area contributed by atoms with Crippen molar-refractivity contribution in [1.29, 1.82) is 0 Å². The molecule has 1 atom stereocenters. The molecule has 0 bridgehead atoms. The van der Waals surface area contributed by atoms with Gasteiger partial charge in [0.15, 0.2) is 11.6 Å². The summed E-state index contributed by atoms with van der Waals surface area (Å²) in [6, 6.07) is 6.67. The molecule has 33 heavy (non-hydrogen) atoms. The van der Waals surface area contributed by atoms with E-state index < -0.39 is 5.82 Å². The van der Waals surface area contributed by atoms with E-state index in [0.29, 0.717) is 35.6 Å². The minimum atomic E-state index is -0.488. The molecule has 1 aromatic carbocycles. The van der Waals surface area contributed by atoms with Gasteiger partial charge in [0.05, 0.1) is 41.3 Å². The summed E-state index contributed by atoms with van der Waals surface area (Å²) in [4.78, 5) is 20.5. The van der Waals surface area contributed by atoms with Gasteiger partial charge in [0.2, 0.25) is 0 Å². The van der Waals surface area contributed by atoms with Gasteiger partial charge in [-0.3, -0.25) is 9.78 Å². The van der Waals surface area contributed by atoms with Gasteiger partial charge in [-0.05, 0) is 37.6 Å². The molecule has 5 rings (SSSR count). The summed E-state index contributed by atoms with van der Waals surface area (Å²) in [5, 5.41) is 9.53. The molecule has 1 amide bonds. The highest BCUT2D eigenvalue weighted by Gasteiger charge is 2.28. The number of anilines is 2. The molecule has 7 nitrogen and oxygen atoms in total. The van der Waals surface area contributed by atoms with E-state index in [9.17, 15) is 9.18 Å². The minimum Gasteiger partial charge on any atom is -0.492 e. The largest absolute Gasteiger partial charge is 0.492 e. The number of ether oxygens (including phenoxy) is 1. The Morgan fingerprint density at radius 2 is 2.18 bits per heavy atom. The summed E-state index contributed by atoms with van der Waals surface area (Å²) < 4.78 is 19.6. The first-order valence-electron chi connectivity index (χ1n) is 11.0. The molecule has 0 radical (unpaired) electrons. The molecule has 0 unspecified atom stereocenters. The topological polar surface area (TPSA) is 91.1 Å². The van der Waals surface area contributed by atoms with E-state index in [1.807, 2.05) is 6.07 Å². The highest BCUT2D eigenvalue weighted by Crippen LogP contribution is 2.40. The Hall–Kier alpha value is -3.83. The molecule has 2 aromatic heterocycles. The summed E-state index contributed by atoms with van der Waals surface area (Å²) in [6.45, 7) is 1.52. The van der Waals surface area contributed by atoms with E-state index in [2.05, 4.69) is 37.8 Å². The van der Waals surface area contributed by atoms with Crippen molar-refractivity contribution >= 4 is 17.3 Å². The van der Waals surface area contributed by atoms with Crippen LogP contribution >= 0.6 is 0 Å². The third-order valence-corrected chi connectivity index (χ3v) is 5.93. The van der Waals surface area contributed by atoms with Crippen LogP contribution in [0.4, 0.5) is 15.8 Å². The first-order valence-corrected chi connectivity index (χ1v) is 11.0. The lowest BCUT2D eigenvalue weighted by Gasteiger charge is -2.17. The lowest BCUT2D eigenvalue weighted by atomic mass is 10.0. The number of carbonyl (C=O) groups is 1. The Labute approximate surface area is 191 Å². The zero-order valence-electron chi connectivity index (χ0n) is 18.2. The molecular weight excluding hydrogens is 421 g/mol. The molecule has 0 saturated carbocycles. The number of aromatic amines is 1. The van der Waals surface area contributed by atoms with Gasteiger partial charge in [0.1, 0.15) is 0 Å². The number of carbonyl (C=O) groups excluding carboxylic acids is 1. The maximum atomic E-state index is 14.3. The zero-order chi connectivity index (χ0) is 22.8. The highest BCUT2D eigenvalue weighted by molar-refractivity contribution is 6.06. The van der Waals surface area contributed by atoms with Crippen molar-refractivity contribution in [2.75, 3.05) is 25.5 Å². The van der Waals surface area contributed by atoms with E-state index in [1.165, 1.54) is 13.2 Å². The minimum absolute atomic E-state index is 0.0802. The molecule has 2 aliphatic heterocycles. The summed E-state index contributed by atoms with van der Waals surface area (Å²) in [7, 11) is 1.41. The van der Waals surface area contributed by atoms with Crippen molar-refractivity contribution in [3.8, 4) is 28.8 Å². The maximum Gasteiger partial charge on any atom is 0.255 e. The van der Waals surface area contributed by atoms with Crippen molar-refractivity contribution in [2.45, 2.75) is 25.3 Å². The molecule has 4 N–H and O–H groups in total. The highest BCUT2D eigenvalue weighted by atomic mass is 19.1. The van der Waals surface area contributed by atoms with Crippen LogP contribution in [0.3, 0.4) is 0 Å². The van der Waals surface area contributed by atoms with Gasteiger partial charge >= 0.3 is 0 Å². The number of H-pyrrole nitrogens is 1. The quantitative estimate of drug-likeness (QED) is 0.463. The number of nitrogens with zero attached hydrogens (tertiary/aromatic N) is 1. The predicted octanol–water partition coefficient (Wildman–Crippen LogP) is 3.36. The Kier molecular flexibility index (Phi) is 5.71. The SMILES string of the molecule is COc1c(F)cccc1Nc1c(-c2ccncc2C#C[C@H]2CCCN2)[nH]c2c1C(=O)NCC2. The van der Waals surface area contributed by atoms with E-state index in [1.54, 1.807) is 24.5 Å². The molecule has 0 aliphatic carbocycles. The molecule has 1 fully saturated rings. The number of pyridine rings is 1. The van der Waals surface area contributed by atoms with Gasteiger partial charge in [0, 0.05) is 36.6 Å². The third kappa shape index (κ3) is 4.03. The average molecular weight is 445 g/mol. The fourth-order valence-electron chi connectivity index (χ4n) is 4.34. The smallest absolute Gasteiger partial charge is 0.255 e. The van der Waals surface area contributed by atoms with Gasteiger partial charge < -0.3 is 25.7 Å². The van der Waals surface area contributed by atoms with Crippen molar-refractivity contribution in [3.05, 3.63) is 59.3 Å². The van der Waals surface area contributed by atoms with Gasteiger partial charge in [-0.15, -0.1) is 0 Å².